The summed E-state index contributed by atoms with van der Waals surface area (Å²) >= 11 is 0. The molecule has 31 heavy (non-hydrogen) atoms. The summed E-state index contributed by atoms with van der Waals surface area (Å²) < 4.78 is 25.3. The SMILES string of the molecule is CC(NC(=O)c1ccc2c(c1)CCN2S(C)(=O)=O)C(c1ccccc1)c1ccccc1. The van der Waals surface area contributed by atoms with E-state index in [1.54, 1.807) is 12.1 Å². The Morgan fingerprint density at radius 3 is 2.06 bits per heavy atom. The van der Waals surface area contributed by atoms with E-state index in [0.717, 1.165) is 16.7 Å². The predicted octanol–water partition coefficient (Wildman–Crippen LogP) is 3.96. The van der Waals surface area contributed by atoms with Crippen molar-refractivity contribution >= 4 is 21.6 Å². The topological polar surface area (TPSA) is 66.5 Å². The summed E-state index contributed by atoms with van der Waals surface area (Å²) in [5.41, 5.74) is 4.37. The zero-order chi connectivity index (χ0) is 22.0. The first-order valence-corrected chi connectivity index (χ1v) is 12.2. The van der Waals surface area contributed by atoms with E-state index in [4.69, 9.17) is 0 Å². The van der Waals surface area contributed by atoms with E-state index in [0.29, 0.717) is 24.2 Å². The highest BCUT2D eigenvalue weighted by Crippen LogP contribution is 2.31. The first-order valence-electron chi connectivity index (χ1n) is 10.4. The molecule has 3 aromatic carbocycles. The molecule has 160 valence electrons. The van der Waals surface area contributed by atoms with Crippen molar-refractivity contribution in [3.05, 3.63) is 101 Å². The van der Waals surface area contributed by atoms with E-state index in [1.807, 2.05) is 49.4 Å². The first-order chi connectivity index (χ1) is 14.8. The van der Waals surface area contributed by atoms with Gasteiger partial charge < -0.3 is 5.32 Å². The average Bonchev–Trinajstić information content (AvgIpc) is 3.19. The third kappa shape index (κ3) is 4.49. The second kappa shape index (κ2) is 8.55. The molecule has 0 saturated heterocycles. The van der Waals surface area contributed by atoms with Gasteiger partial charge in [0, 0.05) is 24.1 Å². The molecule has 6 heteroatoms. The summed E-state index contributed by atoms with van der Waals surface area (Å²) in [6.07, 6.45) is 1.81. The molecule has 1 aliphatic heterocycles. The first kappa shape index (κ1) is 21.1. The van der Waals surface area contributed by atoms with Crippen molar-refractivity contribution in [2.45, 2.75) is 25.3 Å². The highest BCUT2D eigenvalue weighted by Gasteiger charge is 2.28. The van der Waals surface area contributed by atoms with Crippen LogP contribution in [0.5, 0.6) is 0 Å². The van der Waals surface area contributed by atoms with Crippen LogP contribution in [0.15, 0.2) is 78.9 Å². The zero-order valence-electron chi connectivity index (χ0n) is 17.7. The molecule has 1 atom stereocenters. The molecule has 0 spiro atoms. The van der Waals surface area contributed by atoms with Crippen molar-refractivity contribution in [2.75, 3.05) is 17.1 Å². The maximum atomic E-state index is 13.1. The number of hydrogen-bond acceptors (Lipinski definition) is 3. The Hall–Kier alpha value is -3.12. The van der Waals surface area contributed by atoms with Crippen LogP contribution in [0, 0.1) is 0 Å². The smallest absolute Gasteiger partial charge is 0.251 e. The highest BCUT2D eigenvalue weighted by atomic mass is 32.2. The van der Waals surface area contributed by atoms with E-state index >= 15 is 0 Å². The van der Waals surface area contributed by atoms with Crippen LogP contribution in [0.2, 0.25) is 0 Å². The average molecular weight is 435 g/mol. The van der Waals surface area contributed by atoms with Crippen LogP contribution in [0.4, 0.5) is 5.69 Å². The summed E-state index contributed by atoms with van der Waals surface area (Å²) in [6.45, 7) is 2.43. The largest absolute Gasteiger partial charge is 0.349 e. The quantitative estimate of drug-likeness (QED) is 0.639. The second-order valence-electron chi connectivity index (χ2n) is 7.99. The lowest BCUT2D eigenvalue weighted by atomic mass is 9.85. The van der Waals surface area contributed by atoms with Gasteiger partial charge >= 0.3 is 0 Å². The monoisotopic (exact) mass is 434 g/mol. The van der Waals surface area contributed by atoms with E-state index in [1.165, 1.54) is 10.6 Å². The van der Waals surface area contributed by atoms with Gasteiger partial charge in [-0.2, -0.15) is 0 Å². The third-order valence-electron chi connectivity index (χ3n) is 5.77. The molecule has 4 rings (SSSR count). The van der Waals surface area contributed by atoms with Gasteiger partial charge in [0.1, 0.15) is 0 Å². The number of nitrogens with one attached hydrogen (secondary N) is 1. The fourth-order valence-electron chi connectivity index (χ4n) is 4.32. The van der Waals surface area contributed by atoms with Gasteiger partial charge in [-0.3, -0.25) is 9.10 Å². The normalized spacial score (nSPS) is 14.4. The zero-order valence-corrected chi connectivity index (χ0v) is 18.5. The number of anilines is 1. The van der Waals surface area contributed by atoms with Gasteiger partial charge in [0.15, 0.2) is 0 Å². The van der Waals surface area contributed by atoms with Gasteiger partial charge in [0.2, 0.25) is 10.0 Å². The van der Waals surface area contributed by atoms with Crippen LogP contribution >= 0.6 is 0 Å². The second-order valence-corrected chi connectivity index (χ2v) is 9.90. The van der Waals surface area contributed by atoms with E-state index in [9.17, 15) is 13.2 Å². The number of carbonyl (C=O) groups is 1. The maximum absolute atomic E-state index is 13.1. The lowest BCUT2D eigenvalue weighted by Crippen LogP contribution is -2.37. The molecule has 1 N–H and O–H groups in total. The summed E-state index contributed by atoms with van der Waals surface area (Å²) in [7, 11) is -3.31. The standard InChI is InChI=1S/C25H26N2O3S/c1-18(24(19-9-5-3-6-10-19)20-11-7-4-8-12-20)26-25(28)22-13-14-23-21(17-22)15-16-27(23)31(2,29)30/h3-14,17-18,24H,15-16H2,1-2H3,(H,26,28). The summed E-state index contributed by atoms with van der Waals surface area (Å²) in [4.78, 5) is 13.1. The molecular weight excluding hydrogens is 408 g/mol. The fraction of sp³-hybridized carbons (Fsp3) is 0.240. The van der Waals surface area contributed by atoms with Gasteiger partial charge in [0.25, 0.3) is 5.91 Å². The minimum absolute atomic E-state index is 0.0153. The van der Waals surface area contributed by atoms with Crippen molar-refractivity contribution in [3.63, 3.8) is 0 Å². The Morgan fingerprint density at radius 1 is 0.935 bits per heavy atom. The third-order valence-corrected chi connectivity index (χ3v) is 6.95. The summed E-state index contributed by atoms with van der Waals surface area (Å²) in [6, 6.07) is 25.4. The minimum atomic E-state index is -3.31. The van der Waals surface area contributed by atoms with Crippen molar-refractivity contribution in [3.8, 4) is 0 Å². The van der Waals surface area contributed by atoms with E-state index < -0.39 is 10.0 Å². The van der Waals surface area contributed by atoms with E-state index in [-0.39, 0.29) is 17.9 Å². The van der Waals surface area contributed by atoms with Crippen molar-refractivity contribution in [1.82, 2.24) is 5.32 Å². The van der Waals surface area contributed by atoms with Crippen LogP contribution in [-0.2, 0) is 16.4 Å². The molecule has 5 nitrogen and oxygen atoms in total. The molecule has 3 aromatic rings. The molecular formula is C25H26N2O3S. The molecule has 0 radical (unpaired) electrons. The predicted molar refractivity (Wildman–Crippen MR) is 124 cm³/mol. The number of hydrogen-bond donors (Lipinski definition) is 1. The van der Waals surface area contributed by atoms with Gasteiger partial charge in [-0.25, -0.2) is 8.42 Å². The van der Waals surface area contributed by atoms with Gasteiger partial charge in [0.05, 0.1) is 11.9 Å². The number of sulfonamides is 1. The number of benzene rings is 3. The number of nitrogens with zero attached hydrogens (tertiary/aromatic N) is 1. The van der Waals surface area contributed by atoms with Crippen LogP contribution in [0.25, 0.3) is 0 Å². The molecule has 1 amide bonds. The van der Waals surface area contributed by atoms with Crippen LogP contribution in [-0.4, -0.2) is 33.2 Å². The van der Waals surface area contributed by atoms with Crippen molar-refractivity contribution in [2.24, 2.45) is 0 Å². The van der Waals surface area contributed by atoms with Gasteiger partial charge in [-0.15, -0.1) is 0 Å². The Balaban J connectivity index is 1.57. The Morgan fingerprint density at radius 2 is 1.52 bits per heavy atom. The van der Waals surface area contributed by atoms with Crippen molar-refractivity contribution in [1.29, 1.82) is 0 Å². The Labute approximate surface area is 183 Å². The minimum Gasteiger partial charge on any atom is -0.349 e. The maximum Gasteiger partial charge on any atom is 0.251 e. The molecule has 1 aliphatic rings. The summed E-state index contributed by atoms with van der Waals surface area (Å²) in [5, 5.41) is 3.16. The lowest BCUT2D eigenvalue weighted by Gasteiger charge is -2.26. The van der Waals surface area contributed by atoms with Crippen LogP contribution in [0.3, 0.4) is 0 Å². The number of carbonyl (C=O) groups excluding carboxylic acids is 1. The van der Waals surface area contributed by atoms with E-state index in [2.05, 4.69) is 29.6 Å². The molecule has 1 heterocycles. The number of amides is 1. The molecule has 0 bridgehead atoms. The highest BCUT2D eigenvalue weighted by molar-refractivity contribution is 7.92. The van der Waals surface area contributed by atoms with Gasteiger partial charge in [-0.05, 0) is 48.2 Å². The Kier molecular flexibility index (Phi) is 5.83. The molecule has 0 saturated carbocycles. The Bertz CT molecular complexity index is 1140. The summed E-state index contributed by atoms with van der Waals surface area (Å²) in [5.74, 6) is -0.147. The van der Waals surface area contributed by atoms with Crippen LogP contribution < -0.4 is 9.62 Å². The number of fused-ring (bicyclic) bond motifs is 1. The molecule has 0 fully saturated rings. The van der Waals surface area contributed by atoms with Crippen LogP contribution in [0.1, 0.15) is 39.9 Å². The molecule has 1 unspecified atom stereocenters. The van der Waals surface area contributed by atoms with Crippen molar-refractivity contribution < 1.29 is 13.2 Å². The molecule has 0 aromatic heterocycles. The number of rotatable bonds is 6. The fourth-order valence-corrected chi connectivity index (χ4v) is 5.28. The molecule has 0 aliphatic carbocycles. The van der Waals surface area contributed by atoms with Gasteiger partial charge in [-0.1, -0.05) is 60.7 Å². The lowest BCUT2D eigenvalue weighted by molar-refractivity contribution is 0.0937.